The fourth-order valence-corrected chi connectivity index (χ4v) is 6.40. The number of hydrazine groups is 1. The SMILES string of the molecule is CCC(=O)N1CCCC(C(=O)Oc2nc(-c3ccc4c(n3)c(CC(C)(C)CO)c(-c3cccnc3[C@H](C)OC)n4CC)cs2)N1. The number of aryl methyl sites for hydroxylation is 1. The molecule has 0 bridgehead atoms. The molecular weight excluding hydrogens is 592 g/mol. The second-order valence-electron chi connectivity index (χ2n) is 12.1. The van der Waals surface area contributed by atoms with Crippen LogP contribution in [0.3, 0.4) is 0 Å². The first-order valence-corrected chi connectivity index (χ1v) is 16.3. The summed E-state index contributed by atoms with van der Waals surface area (Å²) >= 11 is 1.23. The number of carbonyl (C=O) groups is 2. The minimum absolute atomic E-state index is 0.0142. The molecule has 4 aromatic rings. The summed E-state index contributed by atoms with van der Waals surface area (Å²) < 4.78 is 13.6. The number of aliphatic hydroxyl groups excluding tert-OH is 1. The van der Waals surface area contributed by atoms with Crippen molar-refractivity contribution in [3.63, 3.8) is 0 Å². The van der Waals surface area contributed by atoms with Crippen molar-refractivity contribution in [2.75, 3.05) is 20.3 Å². The number of amides is 1. The van der Waals surface area contributed by atoms with E-state index in [1.807, 2.05) is 44.4 Å². The van der Waals surface area contributed by atoms with E-state index >= 15 is 0 Å². The number of nitrogens with zero attached hydrogens (tertiary/aromatic N) is 5. The maximum atomic E-state index is 12.9. The number of methoxy groups -OCH3 is 1. The first-order chi connectivity index (χ1) is 21.6. The van der Waals surface area contributed by atoms with E-state index in [-0.39, 0.29) is 23.8 Å². The lowest BCUT2D eigenvalue weighted by atomic mass is 9.85. The molecule has 0 aliphatic carbocycles. The third-order valence-electron chi connectivity index (χ3n) is 8.25. The van der Waals surface area contributed by atoms with Gasteiger partial charge in [0.25, 0.3) is 5.19 Å². The molecule has 1 aliphatic heterocycles. The van der Waals surface area contributed by atoms with Crippen LogP contribution in [0.4, 0.5) is 0 Å². The van der Waals surface area contributed by atoms with Gasteiger partial charge in [0.1, 0.15) is 11.7 Å². The van der Waals surface area contributed by atoms with E-state index in [1.54, 1.807) is 20.2 Å². The van der Waals surface area contributed by atoms with Crippen molar-refractivity contribution in [1.29, 1.82) is 0 Å². The van der Waals surface area contributed by atoms with Crippen molar-refractivity contribution in [3.8, 4) is 27.8 Å². The predicted octanol–water partition coefficient (Wildman–Crippen LogP) is 5.32. The Hall–Kier alpha value is -3.71. The first kappa shape index (κ1) is 32.7. The van der Waals surface area contributed by atoms with E-state index in [0.29, 0.717) is 50.2 Å². The minimum Gasteiger partial charge on any atom is -0.397 e. The Balaban J connectivity index is 1.52. The van der Waals surface area contributed by atoms with Gasteiger partial charge in [0.05, 0.1) is 34.2 Å². The zero-order valence-electron chi connectivity index (χ0n) is 26.8. The highest BCUT2D eigenvalue weighted by atomic mass is 32.1. The number of rotatable bonds is 11. The molecule has 5 rings (SSSR count). The lowest BCUT2D eigenvalue weighted by molar-refractivity contribution is -0.144. The van der Waals surface area contributed by atoms with E-state index in [2.05, 4.69) is 33.0 Å². The van der Waals surface area contributed by atoms with Crippen LogP contribution in [-0.2, 0) is 27.3 Å². The summed E-state index contributed by atoms with van der Waals surface area (Å²) in [4.78, 5) is 39.5. The fraction of sp³-hybridized carbons (Fsp3) is 0.485. The van der Waals surface area contributed by atoms with Gasteiger partial charge in [0, 0.05) is 55.9 Å². The molecule has 2 atom stereocenters. The number of thiazole rings is 1. The number of carbonyl (C=O) groups excluding carboxylic acids is 2. The lowest BCUT2D eigenvalue weighted by Crippen LogP contribution is -2.55. The molecule has 240 valence electrons. The third kappa shape index (κ3) is 6.79. The highest BCUT2D eigenvalue weighted by Gasteiger charge is 2.30. The summed E-state index contributed by atoms with van der Waals surface area (Å²) in [5, 5.41) is 13.8. The average molecular weight is 635 g/mol. The molecule has 1 fully saturated rings. The quantitative estimate of drug-likeness (QED) is 0.210. The number of aromatic nitrogens is 4. The highest BCUT2D eigenvalue weighted by molar-refractivity contribution is 7.11. The molecular formula is C33H42N6O5S. The molecule has 1 saturated heterocycles. The zero-order chi connectivity index (χ0) is 32.3. The number of aliphatic hydroxyl groups is 1. The summed E-state index contributed by atoms with van der Waals surface area (Å²) in [7, 11) is 1.68. The van der Waals surface area contributed by atoms with E-state index in [1.165, 1.54) is 16.3 Å². The summed E-state index contributed by atoms with van der Waals surface area (Å²) in [6.07, 6.45) is 3.79. The van der Waals surface area contributed by atoms with Crippen LogP contribution < -0.4 is 10.2 Å². The van der Waals surface area contributed by atoms with Crippen LogP contribution in [0.25, 0.3) is 33.7 Å². The van der Waals surface area contributed by atoms with Gasteiger partial charge in [0.2, 0.25) is 5.91 Å². The Morgan fingerprint density at radius 2 is 2.00 bits per heavy atom. The van der Waals surface area contributed by atoms with Gasteiger partial charge >= 0.3 is 5.97 Å². The number of hydrogen-bond donors (Lipinski definition) is 2. The Morgan fingerprint density at radius 1 is 1.20 bits per heavy atom. The molecule has 4 aromatic heterocycles. The van der Waals surface area contributed by atoms with Crippen molar-refractivity contribution >= 4 is 34.2 Å². The van der Waals surface area contributed by atoms with Crippen LogP contribution in [0.5, 0.6) is 5.19 Å². The number of hydrogen-bond acceptors (Lipinski definition) is 10. The van der Waals surface area contributed by atoms with Gasteiger partial charge < -0.3 is 19.1 Å². The Kier molecular flexibility index (Phi) is 9.97. The zero-order valence-corrected chi connectivity index (χ0v) is 27.6. The number of fused-ring (bicyclic) bond motifs is 1. The number of esters is 1. The van der Waals surface area contributed by atoms with Crippen LogP contribution in [0.1, 0.15) is 71.2 Å². The first-order valence-electron chi connectivity index (χ1n) is 15.5. The van der Waals surface area contributed by atoms with Gasteiger partial charge in [-0.1, -0.05) is 32.1 Å². The van der Waals surface area contributed by atoms with Crippen LogP contribution in [-0.4, -0.2) is 67.8 Å². The van der Waals surface area contributed by atoms with Crippen LogP contribution >= 0.6 is 11.3 Å². The molecule has 2 N–H and O–H groups in total. The Labute approximate surface area is 267 Å². The molecule has 12 heteroatoms. The summed E-state index contributed by atoms with van der Waals surface area (Å²) in [6, 6.07) is 7.36. The number of ether oxygens (including phenoxy) is 2. The van der Waals surface area contributed by atoms with Crippen molar-refractivity contribution in [1.82, 2.24) is 30.0 Å². The number of nitrogens with one attached hydrogen (secondary N) is 1. The smallest absolute Gasteiger partial charge is 0.332 e. The minimum atomic E-state index is -0.612. The fourth-order valence-electron chi connectivity index (χ4n) is 5.73. The molecule has 0 radical (unpaired) electrons. The van der Waals surface area contributed by atoms with Gasteiger partial charge in [-0.2, -0.15) is 0 Å². The molecule has 0 spiro atoms. The maximum absolute atomic E-state index is 12.9. The monoisotopic (exact) mass is 634 g/mol. The molecule has 1 unspecified atom stereocenters. The predicted molar refractivity (Wildman–Crippen MR) is 174 cm³/mol. The molecule has 0 saturated carbocycles. The Morgan fingerprint density at radius 3 is 2.71 bits per heavy atom. The van der Waals surface area contributed by atoms with E-state index in [9.17, 15) is 14.7 Å². The summed E-state index contributed by atoms with van der Waals surface area (Å²) in [6.45, 7) is 11.2. The van der Waals surface area contributed by atoms with Gasteiger partial charge in [-0.25, -0.2) is 20.2 Å². The second kappa shape index (κ2) is 13.7. The van der Waals surface area contributed by atoms with Crippen LogP contribution in [0.2, 0.25) is 0 Å². The van der Waals surface area contributed by atoms with Crippen LogP contribution in [0, 0.1) is 5.41 Å². The molecule has 0 aromatic carbocycles. The van der Waals surface area contributed by atoms with E-state index in [0.717, 1.165) is 33.5 Å². The second-order valence-corrected chi connectivity index (χ2v) is 12.9. The topological polar surface area (TPSA) is 132 Å². The van der Waals surface area contributed by atoms with Gasteiger partial charge in [-0.3, -0.25) is 14.8 Å². The maximum Gasteiger partial charge on any atom is 0.332 e. The molecule has 11 nitrogen and oxygen atoms in total. The van der Waals surface area contributed by atoms with E-state index < -0.39 is 17.4 Å². The van der Waals surface area contributed by atoms with Gasteiger partial charge in [-0.15, -0.1) is 0 Å². The van der Waals surface area contributed by atoms with Crippen molar-refractivity contribution in [2.45, 2.75) is 79.0 Å². The standard InChI is InChI=1S/C33H42N6O5S/c1-7-27(41)39-16-10-12-24(37-39)31(42)44-32-36-25(18-45-32)23-13-14-26-29(35-23)22(17-33(4,5)19-40)30(38(26)8-2)21-11-9-15-34-28(21)20(3)43-6/h9,11,13-15,18,20,24,37,40H,7-8,10,12,16-17,19H2,1-6H3/t20-,24?/m0/s1. The van der Waals surface area contributed by atoms with Crippen molar-refractivity contribution in [3.05, 3.63) is 47.1 Å². The Bertz CT molecular complexity index is 1680. The van der Waals surface area contributed by atoms with Gasteiger partial charge in [0.15, 0.2) is 0 Å². The molecule has 1 aliphatic rings. The van der Waals surface area contributed by atoms with Crippen molar-refractivity contribution < 1.29 is 24.2 Å². The van der Waals surface area contributed by atoms with Crippen molar-refractivity contribution in [2.24, 2.45) is 5.41 Å². The number of pyridine rings is 2. The van der Waals surface area contributed by atoms with Gasteiger partial charge in [-0.05, 0) is 62.8 Å². The summed E-state index contributed by atoms with van der Waals surface area (Å²) in [5.41, 5.74) is 9.46. The third-order valence-corrected chi connectivity index (χ3v) is 8.96. The normalized spacial score (nSPS) is 16.2. The highest BCUT2D eigenvalue weighted by Crippen LogP contribution is 2.40. The molecule has 5 heterocycles. The molecule has 1 amide bonds. The summed E-state index contributed by atoms with van der Waals surface area (Å²) in [5.74, 6) is -0.524. The average Bonchev–Trinajstić information content (AvgIpc) is 3.65. The van der Waals surface area contributed by atoms with E-state index in [4.69, 9.17) is 14.5 Å². The molecule has 45 heavy (non-hydrogen) atoms. The van der Waals surface area contributed by atoms with Crippen LogP contribution in [0.15, 0.2) is 35.8 Å². The largest absolute Gasteiger partial charge is 0.397 e. The lowest BCUT2D eigenvalue weighted by Gasteiger charge is -2.32.